The van der Waals surface area contributed by atoms with Crippen LogP contribution in [0.3, 0.4) is 0 Å². The fraction of sp³-hybridized carbons (Fsp3) is 0.440. The van der Waals surface area contributed by atoms with Gasteiger partial charge in [-0.1, -0.05) is 42.3 Å². The maximum absolute atomic E-state index is 13.7. The molecule has 0 radical (unpaired) electrons. The topological polar surface area (TPSA) is 96.0 Å². The van der Waals surface area contributed by atoms with Crippen LogP contribution < -0.4 is 14.4 Å². The van der Waals surface area contributed by atoms with Gasteiger partial charge in [0.1, 0.15) is 18.3 Å². The number of ether oxygens (including phenoxy) is 1. The number of anilines is 1. The van der Waals surface area contributed by atoms with E-state index in [1.54, 1.807) is 43.3 Å². The van der Waals surface area contributed by atoms with Crippen LogP contribution in [-0.2, 0) is 26.2 Å². The number of sulfonamides is 1. The molecule has 0 aromatic heterocycles. The number of amides is 2. The monoisotopic (exact) mass is 557 g/mol. The first kappa shape index (κ1) is 29.7. The number of carbonyl (C=O) groups excluding carboxylic acids is 2. The fourth-order valence-electron chi connectivity index (χ4n) is 3.72. The van der Waals surface area contributed by atoms with Gasteiger partial charge >= 0.3 is 0 Å². The molecule has 36 heavy (non-hydrogen) atoms. The Labute approximate surface area is 223 Å². The van der Waals surface area contributed by atoms with E-state index in [1.165, 1.54) is 12.0 Å². The molecule has 0 aliphatic rings. The highest BCUT2D eigenvalue weighted by atomic mass is 35.5. The highest BCUT2D eigenvalue weighted by Crippen LogP contribution is 2.31. The summed E-state index contributed by atoms with van der Waals surface area (Å²) in [7, 11) is -2.46. The molecule has 0 saturated carbocycles. The maximum Gasteiger partial charge on any atom is 0.244 e. The van der Waals surface area contributed by atoms with Crippen LogP contribution in [0, 0.1) is 6.92 Å². The summed E-state index contributed by atoms with van der Waals surface area (Å²) < 4.78 is 32.0. The summed E-state index contributed by atoms with van der Waals surface area (Å²) in [6.07, 6.45) is 1.34. The standard InChI is InChI=1S/C25H33Cl2N3O5S/c1-7-21(25(32)28-16(2)3)29(14-18-9-10-19(26)20(27)13-18)24(31)15-30(36(6,33)34)22-12-17(4)8-11-23(22)35-5/h8-13,16,21H,7,14-15H2,1-6H3,(H,28,32). The van der Waals surface area contributed by atoms with E-state index in [4.69, 9.17) is 27.9 Å². The molecule has 0 spiro atoms. The number of hydrogen-bond donors (Lipinski definition) is 1. The van der Waals surface area contributed by atoms with Crippen molar-refractivity contribution in [2.75, 3.05) is 24.2 Å². The smallest absolute Gasteiger partial charge is 0.244 e. The van der Waals surface area contributed by atoms with Crippen LogP contribution in [0.5, 0.6) is 5.75 Å². The highest BCUT2D eigenvalue weighted by Gasteiger charge is 2.33. The van der Waals surface area contributed by atoms with Crippen LogP contribution in [0.25, 0.3) is 0 Å². The number of aryl methyl sites for hydroxylation is 1. The van der Waals surface area contributed by atoms with Crippen molar-refractivity contribution in [3.05, 3.63) is 57.6 Å². The van der Waals surface area contributed by atoms with Gasteiger partial charge < -0.3 is 15.0 Å². The van der Waals surface area contributed by atoms with Crippen molar-refractivity contribution in [2.45, 2.75) is 52.7 Å². The Morgan fingerprint density at radius 1 is 1.08 bits per heavy atom. The molecule has 0 saturated heterocycles. The lowest BCUT2D eigenvalue weighted by molar-refractivity contribution is -0.140. The lowest BCUT2D eigenvalue weighted by Gasteiger charge is -2.33. The van der Waals surface area contributed by atoms with Crippen molar-refractivity contribution in [1.82, 2.24) is 10.2 Å². The van der Waals surface area contributed by atoms with E-state index >= 15 is 0 Å². The van der Waals surface area contributed by atoms with Gasteiger partial charge in [0.05, 0.1) is 29.1 Å². The van der Waals surface area contributed by atoms with Crippen LogP contribution in [-0.4, -0.2) is 57.1 Å². The molecule has 1 unspecified atom stereocenters. The van der Waals surface area contributed by atoms with Crippen LogP contribution >= 0.6 is 23.2 Å². The van der Waals surface area contributed by atoms with Gasteiger partial charge in [0.25, 0.3) is 0 Å². The second-order valence-electron chi connectivity index (χ2n) is 8.80. The second-order valence-corrected chi connectivity index (χ2v) is 11.5. The van der Waals surface area contributed by atoms with E-state index in [0.29, 0.717) is 27.8 Å². The number of rotatable bonds is 11. The van der Waals surface area contributed by atoms with Crippen LogP contribution in [0.2, 0.25) is 10.0 Å². The summed E-state index contributed by atoms with van der Waals surface area (Å²) >= 11 is 12.2. The summed E-state index contributed by atoms with van der Waals surface area (Å²) in [6, 6.07) is 9.02. The normalized spacial score (nSPS) is 12.2. The molecule has 2 aromatic carbocycles. The quantitative estimate of drug-likeness (QED) is 0.441. The third-order valence-corrected chi connectivity index (χ3v) is 7.30. The number of hydrogen-bond acceptors (Lipinski definition) is 5. The minimum Gasteiger partial charge on any atom is -0.495 e. The van der Waals surface area contributed by atoms with Gasteiger partial charge in [-0.05, 0) is 62.6 Å². The zero-order chi connectivity index (χ0) is 27.2. The van der Waals surface area contributed by atoms with Crippen molar-refractivity contribution in [3.63, 3.8) is 0 Å². The van der Waals surface area contributed by atoms with Gasteiger partial charge in [0.2, 0.25) is 21.8 Å². The van der Waals surface area contributed by atoms with E-state index < -0.39 is 28.5 Å². The summed E-state index contributed by atoms with van der Waals surface area (Å²) in [5, 5.41) is 3.51. The van der Waals surface area contributed by atoms with Gasteiger partial charge in [-0.2, -0.15) is 0 Å². The summed E-state index contributed by atoms with van der Waals surface area (Å²) in [5.74, 6) is -0.583. The molecular formula is C25H33Cl2N3O5S. The number of carbonyl (C=O) groups is 2. The Morgan fingerprint density at radius 2 is 1.75 bits per heavy atom. The number of benzene rings is 2. The predicted octanol–water partition coefficient (Wildman–Crippen LogP) is 4.41. The first-order valence-electron chi connectivity index (χ1n) is 11.4. The summed E-state index contributed by atoms with van der Waals surface area (Å²) in [6.45, 7) is 6.76. The summed E-state index contributed by atoms with van der Waals surface area (Å²) in [4.78, 5) is 28.2. The van der Waals surface area contributed by atoms with E-state index in [9.17, 15) is 18.0 Å². The molecule has 2 amide bonds. The average molecular weight is 559 g/mol. The molecule has 0 aliphatic carbocycles. The molecule has 0 aliphatic heterocycles. The van der Waals surface area contributed by atoms with E-state index in [0.717, 1.165) is 16.1 Å². The van der Waals surface area contributed by atoms with E-state index in [1.807, 2.05) is 20.8 Å². The Kier molecular flexibility index (Phi) is 10.5. The molecule has 198 valence electrons. The third-order valence-electron chi connectivity index (χ3n) is 5.44. The van der Waals surface area contributed by atoms with Crippen molar-refractivity contribution < 1.29 is 22.7 Å². The molecular weight excluding hydrogens is 525 g/mol. The Bertz CT molecular complexity index is 1200. The molecule has 2 aromatic rings. The van der Waals surface area contributed by atoms with Crippen LogP contribution in [0.15, 0.2) is 36.4 Å². The number of nitrogens with zero attached hydrogens (tertiary/aromatic N) is 2. The molecule has 0 fully saturated rings. The van der Waals surface area contributed by atoms with Gasteiger partial charge in [-0.25, -0.2) is 8.42 Å². The zero-order valence-electron chi connectivity index (χ0n) is 21.3. The van der Waals surface area contributed by atoms with Crippen molar-refractivity contribution in [1.29, 1.82) is 0 Å². The minimum atomic E-state index is -3.89. The Balaban J connectivity index is 2.54. The Morgan fingerprint density at radius 3 is 2.28 bits per heavy atom. The van der Waals surface area contributed by atoms with Crippen molar-refractivity contribution in [3.8, 4) is 5.75 Å². The number of nitrogens with one attached hydrogen (secondary N) is 1. The van der Waals surface area contributed by atoms with Gasteiger partial charge in [0, 0.05) is 12.6 Å². The molecule has 1 N–H and O–H groups in total. The fourth-order valence-corrected chi connectivity index (χ4v) is 4.89. The molecule has 11 heteroatoms. The van der Waals surface area contributed by atoms with Gasteiger partial charge in [-0.3, -0.25) is 13.9 Å². The average Bonchev–Trinajstić information content (AvgIpc) is 2.78. The number of halogens is 2. The SMILES string of the molecule is CCC(C(=O)NC(C)C)N(Cc1ccc(Cl)c(Cl)c1)C(=O)CN(c1cc(C)ccc1OC)S(C)(=O)=O. The van der Waals surface area contributed by atoms with E-state index in [-0.39, 0.29) is 24.2 Å². The second kappa shape index (κ2) is 12.7. The molecule has 0 bridgehead atoms. The van der Waals surface area contributed by atoms with Crippen molar-refractivity contribution >= 4 is 50.7 Å². The summed E-state index contributed by atoms with van der Waals surface area (Å²) in [5.41, 5.74) is 1.68. The molecule has 8 nitrogen and oxygen atoms in total. The minimum absolute atomic E-state index is 0.0301. The molecule has 2 rings (SSSR count). The lowest BCUT2D eigenvalue weighted by Crippen LogP contribution is -2.53. The maximum atomic E-state index is 13.7. The lowest BCUT2D eigenvalue weighted by atomic mass is 10.1. The number of methoxy groups -OCH3 is 1. The largest absolute Gasteiger partial charge is 0.495 e. The predicted molar refractivity (Wildman–Crippen MR) is 144 cm³/mol. The van der Waals surface area contributed by atoms with Crippen LogP contribution in [0.1, 0.15) is 38.3 Å². The third kappa shape index (κ3) is 7.75. The van der Waals surface area contributed by atoms with E-state index in [2.05, 4.69) is 5.32 Å². The van der Waals surface area contributed by atoms with Crippen LogP contribution in [0.4, 0.5) is 5.69 Å². The zero-order valence-corrected chi connectivity index (χ0v) is 23.7. The first-order valence-corrected chi connectivity index (χ1v) is 14.0. The molecule has 1 atom stereocenters. The van der Waals surface area contributed by atoms with Crippen molar-refractivity contribution in [2.24, 2.45) is 0 Å². The first-order chi connectivity index (χ1) is 16.8. The highest BCUT2D eigenvalue weighted by molar-refractivity contribution is 7.92. The van der Waals surface area contributed by atoms with Gasteiger partial charge in [-0.15, -0.1) is 0 Å². The Hall–Kier alpha value is -2.49. The van der Waals surface area contributed by atoms with Gasteiger partial charge in [0.15, 0.2) is 0 Å². The molecule has 0 heterocycles.